The molecule has 0 saturated heterocycles. The molecule has 0 aromatic heterocycles. The van der Waals surface area contributed by atoms with Crippen LogP contribution in [0.5, 0.6) is 0 Å². The summed E-state index contributed by atoms with van der Waals surface area (Å²) in [5, 5.41) is 0. The van der Waals surface area contributed by atoms with Crippen LogP contribution in [0, 0.1) is 0 Å². The molecule has 63 heavy (non-hydrogen) atoms. The zero-order chi connectivity index (χ0) is 45.8. The van der Waals surface area contributed by atoms with Crippen LogP contribution in [0.2, 0.25) is 0 Å². The van der Waals surface area contributed by atoms with Gasteiger partial charge in [0.25, 0.3) is 0 Å². The van der Waals surface area contributed by atoms with E-state index in [1.165, 1.54) is 141 Å². The molecule has 0 amide bonds. The van der Waals surface area contributed by atoms with E-state index >= 15 is 0 Å². The molecule has 0 aliphatic rings. The van der Waals surface area contributed by atoms with Crippen LogP contribution < -0.4 is 0 Å². The minimum atomic E-state index is -0.778. The van der Waals surface area contributed by atoms with E-state index in [4.69, 9.17) is 14.2 Å². The van der Waals surface area contributed by atoms with E-state index in [1.807, 2.05) is 0 Å². The summed E-state index contributed by atoms with van der Waals surface area (Å²) in [5.41, 5.74) is 0. The third-order valence-electron chi connectivity index (χ3n) is 11.8. The van der Waals surface area contributed by atoms with Crippen molar-refractivity contribution in [1.82, 2.24) is 0 Å². The number of carbonyl (C=O) groups is 3. The van der Waals surface area contributed by atoms with Crippen molar-refractivity contribution < 1.29 is 28.6 Å². The van der Waals surface area contributed by atoms with Gasteiger partial charge in [0.15, 0.2) is 6.10 Å². The Morgan fingerprint density at radius 2 is 0.651 bits per heavy atom. The molecule has 0 aliphatic carbocycles. The molecule has 0 bridgehead atoms. The molecule has 0 aromatic rings. The van der Waals surface area contributed by atoms with Crippen LogP contribution in [-0.2, 0) is 28.6 Å². The average Bonchev–Trinajstić information content (AvgIpc) is 3.28. The number of allylic oxidation sites excluding steroid dienone is 8. The van der Waals surface area contributed by atoms with Gasteiger partial charge in [-0.2, -0.15) is 0 Å². The summed E-state index contributed by atoms with van der Waals surface area (Å²) in [7, 11) is 0. The predicted octanol–water partition coefficient (Wildman–Crippen LogP) is 17.9. The number of esters is 3. The first-order valence-corrected chi connectivity index (χ1v) is 27.1. The first-order valence-electron chi connectivity index (χ1n) is 27.1. The molecule has 6 nitrogen and oxygen atoms in total. The van der Waals surface area contributed by atoms with Crippen molar-refractivity contribution in [2.24, 2.45) is 0 Å². The van der Waals surface area contributed by atoms with Crippen LogP contribution in [-0.4, -0.2) is 37.2 Å². The fraction of sp³-hybridized carbons (Fsp3) is 0.807. The number of carbonyl (C=O) groups excluding carboxylic acids is 3. The van der Waals surface area contributed by atoms with Crippen LogP contribution in [0.3, 0.4) is 0 Å². The van der Waals surface area contributed by atoms with E-state index in [0.717, 1.165) is 96.3 Å². The predicted molar refractivity (Wildman–Crippen MR) is 270 cm³/mol. The summed E-state index contributed by atoms with van der Waals surface area (Å²) in [5.74, 6) is -0.888. The van der Waals surface area contributed by atoms with Crippen LogP contribution in [0.1, 0.15) is 278 Å². The molecule has 0 spiro atoms. The second kappa shape index (κ2) is 52.0. The fourth-order valence-corrected chi connectivity index (χ4v) is 7.75. The Morgan fingerprint density at radius 3 is 1.05 bits per heavy atom. The Morgan fingerprint density at radius 1 is 0.333 bits per heavy atom. The first kappa shape index (κ1) is 60.4. The van der Waals surface area contributed by atoms with E-state index in [9.17, 15) is 14.4 Å². The molecule has 6 heteroatoms. The molecule has 1 unspecified atom stereocenters. The largest absolute Gasteiger partial charge is 0.462 e. The van der Waals surface area contributed by atoms with Crippen LogP contribution in [0.15, 0.2) is 48.6 Å². The molecule has 0 aliphatic heterocycles. The van der Waals surface area contributed by atoms with Gasteiger partial charge >= 0.3 is 17.9 Å². The smallest absolute Gasteiger partial charge is 0.306 e. The SMILES string of the molecule is CC/C=C\C/C=C\C/C=C\CCCCCCCCCC(=O)OC(COC(=O)CCCCCCC/C=C\CCC)COC(=O)CCCCCCCCCCCCCCCCCCCC. The van der Waals surface area contributed by atoms with Crippen LogP contribution in [0.4, 0.5) is 0 Å². The number of ether oxygens (including phenoxy) is 3. The minimum absolute atomic E-state index is 0.0772. The lowest BCUT2D eigenvalue weighted by atomic mass is 10.0. The summed E-state index contributed by atoms with van der Waals surface area (Å²) in [6.07, 6.45) is 62.5. The lowest BCUT2D eigenvalue weighted by molar-refractivity contribution is -0.167. The first-order chi connectivity index (χ1) is 31.0. The number of unbranched alkanes of at least 4 members (excludes halogenated alkanes) is 30. The van der Waals surface area contributed by atoms with Gasteiger partial charge in [-0.3, -0.25) is 14.4 Å². The molecule has 0 radical (unpaired) electrons. The number of hydrogen-bond acceptors (Lipinski definition) is 6. The van der Waals surface area contributed by atoms with Crippen molar-refractivity contribution in [2.75, 3.05) is 13.2 Å². The highest BCUT2D eigenvalue weighted by Crippen LogP contribution is 2.16. The summed E-state index contributed by atoms with van der Waals surface area (Å²) in [6, 6.07) is 0. The summed E-state index contributed by atoms with van der Waals surface area (Å²) < 4.78 is 16.8. The maximum absolute atomic E-state index is 12.8. The maximum Gasteiger partial charge on any atom is 0.306 e. The van der Waals surface area contributed by atoms with Gasteiger partial charge < -0.3 is 14.2 Å². The zero-order valence-corrected chi connectivity index (χ0v) is 41.8. The Kier molecular flexibility index (Phi) is 49.8. The third kappa shape index (κ3) is 50.2. The Balaban J connectivity index is 4.31. The molecular formula is C57H102O6. The number of hydrogen-bond donors (Lipinski definition) is 0. The molecular weight excluding hydrogens is 781 g/mol. The van der Waals surface area contributed by atoms with E-state index in [-0.39, 0.29) is 31.1 Å². The highest BCUT2D eigenvalue weighted by atomic mass is 16.6. The molecule has 0 heterocycles. The van der Waals surface area contributed by atoms with Crippen molar-refractivity contribution in [3.8, 4) is 0 Å². The van der Waals surface area contributed by atoms with Gasteiger partial charge in [-0.15, -0.1) is 0 Å². The van der Waals surface area contributed by atoms with Crippen molar-refractivity contribution in [2.45, 2.75) is 284 Å². The fourth-order valence-electron chi connectivity index (χ4n) is 7.75. The third-order valence-corrected chi connectivity index (χ3v) is 11.8. The van der Waals surface area contributed by atoms with Gasteiger partial charge in [0.05, 0.1) is 0 Å². The topological polar surface area (TPSA) is 78.9 Å². The second-order valence-corrected chi connectivity index (χ2v) is 18.1. The molecule has 0 saturated carbocycles. The zero-order valence-electron chi connectivity index (χ0n) is 41.8. The highest BCUT2D eigenvalue weighted by molar-refractivity contribution is 5.71. The van der Waals surface area contributed by atoms with Gasteiger partial charge in [-0.05, 0) is 70.6 Å². The standard InChI is InChI=1S/C57H102O6/c1-4-7-10-13-16-19-22-24-26-28-30-31-33-35-38-41-44-47-50-56(59)62-53-54(52-61-55(58)49-46-43-40-37-21-18-15-12-9-6-3)63-57(60)51-48-45-42-39-36-34-32-29-27-25-23-20-17-14-11-8-5-2/h8,11-12,15,17,20,25,27,54H,4-7,9-10,13-14,16,18-19,21-24,26,28-53H2,1-3H3/b11-8-,15-12-,20-17-,27-25-. The van der Waals surface area contributed by atoms with Crippen molar-refractivity contribution in [3.05, 3.63) is 48.6 Å². The van der Waals surface area contributed by atoms with Crippen LogP contribution in [0.25, 0.3) is 0 Å². The normalized spacial score (nSPS) is 12.4. The van der Waals surface area contributed by atoms with Gasteiger partial charge in [0, 0.05) is 19.3 Å². The average molecular weight is 883 g/mol. The van der Waals surface area contributed by atoms with Gasteiger partial charge in [0.1, 0.15) is 13.2 Å². The van der Waals surface area contributed by atoms with Crippen molar-refractivity contribution in [1.29, 1.82) is 0 Å². The lowest BCUT2D eigenvalue weighted by Crippen LogP contribution is -2.30. The van der Waals surface area contributed by atoms with Gasteiger partial charge in [0.2, 0.25) is 0 Å². The van der Waals surface area contributed by atoms with E-state index < -0.39 is 6.10 Å². The van der Waals surface area contributed by atoms with Crippen LogP contribution >= 0.6 is 0 Å². The summed E-state index contributed by atoms with van der Waals surface area (Å²) in [6.45, 7) is 6.48. The quantitative estimate of drug-likeness (QED) is 0.0262. The van der Waals surface area contributed by atoms with Crippen molar-refractivity contribution in [3.63, 3.8) is 0 Å². The maximum atomic E-state index is 12.8. The van der Waals surface area contributed by atoms with E-state index in [0.29, 0.717) is 19.3 Å². The van der Waals surface area contributed by atoms with E-state index in [1.54, 1.807) is 0 Å². The minimum Gasteiger partial charge on any atom is -0.462 e. The molecule has 0 N–H and O–H groups in total. The van der Waals surface area contributed by atoms with Crippen molar-refractivity contribution >= 4 is 17.9 Å². The Bertz CT molecular complexity index is 1110. The van der Waals surface area contributed by atoms with Gasteiger partial charge in [-0.25, -0.2) is 0 Å². The second-order valence-electron chi connectivity index (χ2n) is 18.1. The molecule has 1 atom stereocenters. The Labute approximate surface area is 390 Å². The lowest BCUT2D eigenvalue weighted by Gasteiger charge is -2.18. The summed E-state index contributed by atoms with van der Waals surface area (Å²) >= 11 is 0. The van der Waals surface area contributed by atoms with Gasteiger partial charge in [-0.1, -0.05) is 236 Å². The van der Waals surface area contributed by atoms with E-state index in [2.05, 4.69) is 69.4 Å². The highest BCUT2D eigenvalue weighted by Gasteiger charge is 2.19. The number of rotatable bonds is 49. The Hall–Kier alpha value is -2.63. The molecule has 0 fully saturated rings. The summed E-state index contributed by atoms with van der Waals surface area (Å²) in [4.78, 5) is 38.0. The molecule has 0 rings (SSSR count). The molecule has 0 aromatic carbocycles. The monoisotopic (exact) mass is 883 g/mol. The molecule has 366 valence electrons.